The number of halogens is 6. The van der Waals surface area contributed by atoms with E-state index in [2.05, 4.69) is 31.1 Å². The molecule has 0 aliphatic carbocycles. The number of hydrogen-bond donors (Lipinski definition) is 1. The lowest BCUT2D eigenvalue weighted by Gasteiger charge is -2.31. The lowest BCUT2D eigenvalue weighted by molar-refractivity contribution is -0.137. The summed E-state index contributed by atoms with van der Waals surface area (Å²) in [5, 5.41) is 3.53. The molecule has 3 aliphatic heterocycles. The summed E-state index contributed by atoms with van der Waals surface area (Å²) in [5.74, 6) is 0.635. The number of fused-ring (bicyclic) bond motifs is 3. The third kappa shape index (κ3) is 5.61. The molecule has 2 aromatic carbocycles. The topological polar surface area (TPSA) is 66.4 Å². The van der Waals surface area contributed by atoms with Crippen molar-refractivity contribution in [3.8, 4) is 29.6 Å². The standard InChI is InChI=1S/C34H32F6N6O/c1-3-23-26(36)8-7-19-12-20(34(38,39)40)13-24(27(19)23)29-28(37)30-25(15-42-29)31(45(2)17-22-6-4-10-41-22)44-32(43-30)47-18-33-9-5-11-46(33)16-21(35)14-33/h1,7-8,12-13,15,21-22,41H,4-6,9-11,14,16-18H2,2H3/t21-,22+,33+/m1/s1. The van der Waals surface area contributed by atoms with Crippen LogP contribution in [0, 0.1) is 24.0 Å². The van der Waals surface area contributed by atoms with Gasteiger partial charge in [-0.15, -0.1) is 6.42 Å². The molecule has 47 heavy (non-hydrogen) atoms. The summed E-state index contributed by atoms with van der Waals surface area (Å²) in [5.41, 5.74) is -2.95. The maximum Gasteiger partial charge on any atom is 0.416 e. The van der Waals surface area contributed by atoms with Gasteiger partial charge in [-0.25, -0.2) is 13.2 Å². The van der Waals surface area contributed by atoms with Gasteiger partial charge in [0.25, 0.3) is 0 Å². The van der Waals surface area contributed by atoms with Crippen LogP contribution in [0.1, 0.15) is 43.2 Å². The third-order valence-electron chi connectivity index (χ3n) is 9.69. The van der Waals surface area contributed by atoms with E-state index in [1.165, 1.54) is 6.20 Å². The smallest absolute Gasteiger partial charge is 0.416 e. The summed E-state index contributed by atoms with van der Waals surface area (Å²) in [6.07, 6.45) is 4.99. The summed E-state index contributed by atoms with van der Waals surface area (Å²) in [6, 6.07) is 3.71. The molecular formula is C34H32F6N6O. The monoisotopic (exact) mass is 654 g/mol. The molecule has 3 aliphatic rings. The zero-order valence-corrected chi connectivity index (χ0v) is 25.6. The van der Waals surface area contributed by atoms with Crippen molar-refractivity contribution in [1.82, 2.24) is 25.2 Å². The second-order valence-corrected chi connectivity index (χ2v) is 12.7. The average Bonchev–Trinajstić information content (AvgIpc) is 3.76. The van der Waals surface area contributed by atoms with Crippen LogP contribution >= 0.6 is 0 Å². The average molecular weight is 655 g/mol. The number of terminal acetylenes is 1. The van der Waals surface area contributed by atoms with E-state index in [0.29, 0.717) is 25.3 Å². The molecule has 0 radical (unpaired) electrons. The minimum atomic E-state index is -4.79. The molecule has 5 heterocycles. The predicted octanol–water partition coefficient (Wildman–Crippen LogP) is 6.27. The highest BCUT2D eigenvalue weighted by molar-refractivity contribution is 6.02. The Morgan fingerprint density at radius 3 is 2.77 bits per heavy atom. The van der Waals surface area contributed by atoms with Crippen molar-refractivity contribution in [2.24, 2.45) is 0 Å². The molecular weight excluding hydrogens is 622 g/mol. The number of ether oxygens (including phenoxy) is 1. The Labute approximate surface area is 267 Å². The van der Waals surface area contributed by atoms with E-state index in [4.69, 9.17) is 11.2 Å². The first kappa shape index (κ1) is 31.4. The van der Waals surface area contributed by atoms with Crippen LogP contribution in [0.2, 0.25) is 0 Å². The molecule has 0 unspecified atom stereocenters. The summed E-state index contributed by atoms with van der Waals surface area (Å²) in [4.78, 5) is 17.2. The molecule has 3 atom stereocenters. The van der Waals surface area contributed by atoms with Crippen LogP contribution in [-0.4, -0.2) is 77.4 Å². The van der Waals surface area contributed by atoms with Crippen molar-refractivity contribution in [1.29, 1.82) is 0 Å². The Bertz CT molecular complexity index is 1910. The molecule has 0 saturated carbocycles. The largest absolute Gasteiger partial charge is 0.461 e. The van der Waals surface area contributed by atoms with Gasteiger partial charge in [-0.2, -0.15) is 23.1 Å². The molecule has 4 aromatic rings. The Kier molecular flexibility index (Phi) is 7.91. The summed E-state index contributed by atoms with van der Waals surface area (Å²) in [7, 11) is 1.79. The summed E-state index contributed by atoms with van der Waals surface area (Å²) in [6.45, 7) is 2.56. The van der Waals surface area contributed by atoms with E-state index >= 15 is 4.39 Å². The number of nitrogens with one attached hydrogen (secondary N) is 1. The zero-order valence-electron chi connectivity index (χ0n) is 25.6. The Balaban J connectivity index is 1.39. The Hall–Kier alpha value is -4.15. The number of anilines is 1. The van der Waals surface area contributed by atoms with E-state index < -0.39 is 40.8 Å². The van der Waals surface area contributed by atoms with Crippen LogP contribution in [0.25, 0.3) is 32.9 Å². The number of aromatic nitrogens is 3. The molecule has 3 fully saturated rings. The lowest BCUT2D eigenvalue weighted by Crippen LogP contribution is -2.43. The second kappa shape index (κ2) is 11.8. The van der Waals surface area contributed by atoms with Gasteiger partial charge in [0.15, 0.2) is 5.82 Å². The quantitative estimate of drug-likeness (QED) is 0.186. The summed E-state index contributed by atoms with van der Waals surface area (Å²) < 4.78 is 94.2. The number of hydrogen-bond acceptors (Lipinski definition) is 7. The number of nitrogens with zero attached hydrogens (tertiary/aromatic N) is 5. The Morgan fingerprint density at radius 1 is 1.19 bits per heavy atom. The maximum absolute atomic E-state index is 16.8. The Morgan fingerprint density at radius 2 is 2.02 bits per heavy atom. The van der Waals surface area contributed by atoms with Crippen LogP contribution < -0.4 is 15.0 Å². The molecule has 246 valence electrons. The van der Waals surface area contributed by atoms with E-state index in [1.807, 2.05) is 4.90 Å². The molecule has 7 nitrogen and oxygen atoms in total. The van der Waals surface area contributed by atoms with Crippen LogP contribution in [0.5, 0.6) is 6.01 Å². The van der Waals surface area contributed by atoms with Gasteiger partial charge >= 0.3 is 12.2 Å². The minimum absolute atomic E-state index is 0.0234. The SMILES string of the molecule is C#Cc1c(F)ccc2cc(C(F)(F)F)cc(-c3ncc4c(N(C)C[C@@H]5CCCN5)nc(OC[C@@]56CCCN5C[C@H](F)C6)nc4c3F)c12. The van der Waals surface area contributed by atoms with Crippen LogP contribution in [0.15, 0.2) is 30.5 Å². The van der Waals surface area contributed by atoms with Crippen molar-refractivity contribution >= 4 is 27.5 Å². The normalized spacial score (nSPS) is 23.0. The van der Waals surface area contributed by atoms with Crippen LogP contribution in [-0.2, 0) is 6.18 Å². The fraction of sp³-hybridized carbons (Fsp3) is 0.441. The molecule has 1 N–H and O–H groups in total. The van der Waals surface area contributed by atoms with Gasteiger partial charge in [-0.05, 0) is 62.4 Å². The van der Waals surface area contributed by atoms with Crippen molar-refractivity contribution in [2.45, 2.75) is 56.0 Å². The lowest BCUT2D eigenvalue weighted by atomic mass is 9.93. The fourth-order valence-electron chi connectivity index (χ4n) is 7.47. The molecule has 7 rings (SSSR count). The predicted molar refractivity (Wildman–Crippen MR) is 166 cm³/mol. The van der Waals surface area contributed by atoms with Crippen LogP contribution in [0.3, 0.4) is 0 Å². The molecule has 0 spiro atoms. The summed E-state index contributed by atoms with van der Waals surface area (Å²) >= 11 is 0. The third-order valence-corrected chi connectivity index (χ3v) is 9.69. The van der Waals surface area contributed by atoms with Crippen molar-refractivity contribution < 1.29 is 31.1 Å². The number of alkyl halides is 4. The van der Waals surface area contributed by atoms with Gasteiger partial charge in [0.1, 0.15) is 35.6 Å². The van der Waals surface area contributed by atoms with E-state index in [0.717, 1.165) is 63.0 Å². The van der Waals surface area contributed by atoms with Gasteiger partial charge in [0.2, 0.25) is 0 Å². The van der Waals surface area contributed by atoms with E-state index in [9.17, 15) is 22.0 Å². The number of benzene rings is 2. The molecule has 0 amide bonds. The highest BCUT2D eigenvalue weighted by Crippen LogP contribution is 2.42. The van der Waals surface area contributed by atoms with Crippen molar-refractivity contribution in [3.63, 3.8) is 0 Å². The minimum Gasteiger partial charge on any atom is -0.461 e. The van der Waals surface area contributed by atoms with Crippen molar-refractivity contribution in [2.75, 3.05) is 44.7 Å². The van der Waals surface area contributed by atoms with Gasteiger partial charge in [-0.3, -0.25) is 9.88 Å². The van der Waals surface area contributed by atoms with Gasteiger partial charge in [0, 0.05) is 49.7 Å². The fourth-order valence-corrected chi connectivity index (χ4v) is 7.47. The highest BCUT2D eigenvalue weighted by Gasteiger charge is 2.49. The van der Waals surface area contributed by atoms with Gasteiger partial charge in [-0.1, -0.05) is 12.0 Å². The highest BCUT2D eigenvalue weighted by atomic mass is 19.4. The second-order valence-electron chi connectivity index (χ2n) is 12.7. The molecule has 2 aromatic heterocycles. The van der Waals surface area contributed by atoms with Gasteiger partial charge < -0.3 is 15.0 Å². The first-order valence-corrected chi connectivity index (χ1v) is 15.6. The number of likely N-dealkylation sites (N-methyl/N-ethyl adjacent to an activating group) is 1. The number of rotatable bonds is 7. The maximum atomic E-state index is 16.8. The van der Waals surface area contributed by atoms with Crippen molar-refractivity contribution in [3.05, 3.63) is 53.2 Å². The van der Waals surface area contributed by atoms with Crippen LogP contribution in [0.4, 0.5) is 32.2 Å². The zero-order chi connectivity index (χ0) is 33.1. The molecule has 0 bridgehead atoms. The van der Waals surface area contributed by atoms with E-state index in [-0.39, 0.29) is 51.5 Å². The van der Waals surface area contributed by atoms with E-state index in [1.54, 1.807) is 7.05 Å². The van der Waals surface area contributed by atoms with Gasteiger partial charge in [0.05, 0.1) is 22.1 Å². The molecule has 3 saturated heterocycles. The first-order valence-electron chi connectivity index (χ1n) is 15.6. The molecule has 13 heteroatoms. The first-order chi connectivity index (χ1) is 22.5. The number of pyridine rings is 1.